The largest absolute Gasteiger partial charge is 0.497 e. The number of methoxy groups -OCH3 is 2. The second kappa shape index (κ2) is 6.41. The molecule has 1 saturated heterocycles. The van der Waals surface area contributed by atoms with Gasteiger partial charge in [-0.1, -0.05) is 12.1 Å². The first-order valence-electron chi connectivity index (χ1n) is 6.62. The maximum absolute atomic E-state index is 11.9. The fraction of sp³-hybridized carbons (Fsp3) is 0.467. The second-order valence-electron chi connectivity index (χ2n) is 4.88. The van der Waals surface area contributed by atoms with Crippen LogP contribution in [0.2, 0.25) is 0 Å². The van der Waals surface area contributed by atoms with Crippen LogP contribution in [0.3, 0.4) is 0 Å². The summed E-state index contributed by atoms with van der Waals surface area (Å²) in [6, 6.07) is 7.57. The van der Waals surface area contributed by atoms with Gasteiger partial charge in [-0.15, -0.1) is 0 Å². The van der Waals surface area contributed by atoms with Crippen LogP contribution >= 0.6 is 0 Å². The average Bonchev–Trinajstić information content (AvgIpc) is 2.49. The topological polar surface area (TPSA) is 55.8 Å². The van der Waals surface area contributed by atoms with E-state index in [4.69, 9.17) is 9.47 Å². The summed E-state index contributed by atoms with van der Waals surface area (Å²) in [5.41, 5.74) is 1.02. The van der Waals surface area contributed by atoms with E-state index in [1.54, 1.807) is 12.0 Å². The lowest BCUT2D eigenvalue weighted by Crippen LogP contribution is -2.42. The highest BCUT2D eigenvalue weighted by Gasteiger charge is 2.30. The van der Waals surface area contributed by atoms with Crippen LogP contribution in [0, 0.1) is 5.92 Å². The molecule has 1 aromatic rings. The van der Waals surface area contributed by atoms with Crippen LogP contribution in [-0.2, 0) is 20.9 Å². The molecule has 0 aromatic heterocycles. The summed E-state index contributed by atoms with van der Waals surface area (Å²) in [7, 11) is 3.00. The van der Waals surface area contributed by atoms with Crippen LogP contribution < -0.4 is 4.74 Å². The number of esters is 1. The Labute approximate surface area is 118 Å². The third-order valence-electron chi connectivity index (χ3n) is 3.57. The van der Waals surface area contributed by atoms with E-state index in [1.807, 2.05) is 24.3 Å². The first-order valence-corrected chi connectivity index (χ1v) is 6.62. The van der Waals surface area contributed by atoms with Crippen molar-refractivity contribution < 1.29 is 19.1 Å². The van der Waals surface area contributed by atoms with Gasteiger partial charge < -0.3 is 14.4 Å². The SMILES string of the molecule is COC(=O)[C@H]1CCC(=O)N(Cc2ccc(OC)cc2)C1. The zero-order chi connectivity index (χ0) is 14.5. The van der Waals surface area contributed by atoms with Crippen LogP contribution in [0.1, 0.15) is 18.4 Å². The quantitative estimate of drug-likeness (QED) is 0.785. The van der Waals surface area contributed by atoms with Crippen LogP contribution in [0.25, 0.3) is 0 Å². The zero-order valence-electron chi connectivity index (χ0n) is 11.8. The van der Waals surface area contributed by atoms with E-state index in [0.717, 1.165) is 11.3 Å². The fourth-order valence-electron chi connectivity index (χ4n) is 2.38. The number of carbonyl (C=O) groups excluding carboxylic acids is 2. The van der Waals surface area contributed by atoms with Crippen molar-refractivity contribution in [3.8, 4) is 5.75 Å². The van der Waals surface area contributed by atoms with Gasteiger partial charge in [0.1, 0.15) is 5.75 Å². The van der Waals surface area contributed by atoms with E-state index in [9.17, 15) is 9.59 Å². The first-order chi connectivity index (χ1) is 9.63. The number of benzene rings is 1. The molecule has 1 aliphatic rings. The summed E-state index contributed by atoms with van der Waals surface area (Å²) in [4.78, 5) is 25.2. The monoisotopic (exact) mass is 277 g/mol. The average molecular weight is 277 g/mol. The van der Waals surface area contributed by atoms with Gasteiger partial charge in [0.15, 0.2) is 0 Å². The highest BCUT2D eigenvalue weighted by atomic mass is 16.5. The van der Waals surface area contributed by atoms with Crippen molar-refractivity contribution in [1.82, 2.24) is 4.90 Å². The third-order valence-corrected chi connectivity index (χ3v) is 3.57. The minimum absolute atomic E-state index is 0.0842. The van der Waals surface area contributed by atoms with Gasteiger partial charge in [-0.05, 0) is 24.1 Å². The maximum Gasteiger partial charge on any atom is 0.310 e. The predicted molar refractivity (Wildman–Crippen MR) is 73.2 cm³/mol. The molecule has 0 saturated carbocycles. The van der Waals surface area contributed by atoms with Gasteiger partial charge in [0.05, 0.1) is 20.1 Å². The number of rotatable bonds is 4. The third kappa shape index (κ3) is 3.29. The Morgan fingerprint density at radius 1 is 1.30 bits per heavy atom. The van der Waals surface area contributed by atoms with Gasteiger partial charge in [-0.25, -0.2) is 0 Å². The number of hydrogen-bond donors (Lipinski definition) is 0. The van der Waals surface area contributed by atoms with Crippen molar-refractivity contribution >= 4 is 11.9 Å². The highest BCUT2D eigenvalue weighted by molar-refractivity contribution is 5.81. The molecule has 0 unspecified atom stereocenters. The van der Waals surface area contributed by atoms with Gasteiger partial charge in [-0.3, -0.25) is 9.59 Å². The smallest absolute Gasteiger partial charge is 0.310 e. The van der Waals surface area contributed by atoms with Crippen molar-refractivity contribution in [2.24, 2.45) is 5.92 Å². The summed E-state index contributed by atoms with van der Waals surface area (Å²) < 4.78 is 9.86. The molecule has 108 valence electrons. The van der Waals surface area contributed by atoms with Crippen LogP contribution in [-0.4, -0.2) is 37.5 Å². The Kier molecular flexibility index (Phi) is 4.61. The Morgan fingerprint density at radius 2 is 2.00 bits per heavy atom. The molecule has 5 nitrogen and oxygen atoms in total. The molecular formula is C15H19NO4. The lowest BCUT2D eigenvalue weighted by atomic mass is 9.97. The van der Waals surface area contributed by atoms with Crippen molar-refractivity contribution in [1.29, 1.82) is 0 Å². The highest BCUT2D eigenvalue weighted by Crippen LogP contribution is 2.21. The van der Waals surface area contributed by atoms with Crippen molar-refractivity contribution in [3.63, 3.8) is 0 Å². The van der Waals surface area contributed by atoms with Crippen molar-refractivity contribution in [3.05, 3.63) is 29.8 Å². The van der Waals surface area contributed by atoms with Crippen LogP contribution in [0.4, 0.5) is 0 Å². The van der Waals surface area contributed by atoms with Crippen LogP contribution in [0.5, 0.6) is 5.75 Å². The molecular weight excluding hydrogens is 258 g/mol. The normalized spacial score (nSPS) is 18.8. The van der Waals surface area contributed by atoms with Crippen molar-refractivity contribution in [2.45, 2.75) is 19.4 Å². The van der Waals surface area contributed by atoms with Gasteiger partial charge in [0.2, 0.25) is 5.91 Å². The molecule has 0 N–H and O–H groups in total. The molecule has 20 heavy (non-hydrogen) atoms. The van der Waals surface area contributed by atoms with Crippen molar-refractivity contribution in [2.75, 3.05) is 20.8 Å². The van der Waals surface area contributed by atoms with E-state index in [0.29, 0.717) is 25.9 Å². The van der Waals surface area contributed by atoms with Gasteiger partial charge in [0, 0.05) is 19.5 Å². The lowest BCUT2D eigenvalue weighted by Gasteiger charge is -2.31. The van der Waals surface area contributed by atoms with E-state index in [-0.39, 0.29) is 17.8 Å². The Morgan fingerprint density at radius 3 is 2.60 bits per heavy atom. The fourth-order valence-corrected chi connectivity index (χ4v) is 2.38. The summed E-state index contributed by atoms with van der Waals surface area (Å²) in [5, 5.41) is 0. The lowest BCUT2D eigenvalue weighted by molar-refractivity contribution is -0.150. The molecule has 1 amide bonds. The van der Waals surface area contributed by atoms with E-state index in [2.05, 4.69) is 0 Å². The number of amides is 1. The summed E-state index contributed by atoms with van der Waals surface area (Å²) in [5.74, 6) is 0.417. The minimum atomic E-state index is -0.239. The molecule has 2 rings (SSSR count). The van der Waals surface area contributed by atoms with E-state index in [1.165, 1.54) is 7.11 Å². The molecule has 1 aliphatic heterocycles. The summed E-state index contributed by atoms with van der Waals surface area (Å²) in [6.45, 7) is 0.938. The molecule has 1 aromatic carbocycles. The van der Waals surface area contributed by atoms with E-state index >= 15 is 0 Å². The molecule has 5 heteroatoms. The summed E-state index contributed by atoms with van der Waals surface area (Å²) >= 11 is 0. The van der Waals surface area contributed by atoms with Gasteiger partial charge >= 0.3 is 5.97 Å². The van der Waals surface area contributed by atoms with Gasteiger partial charge in [0.25, 0.3) is 0 Å². The Balaban J connectivity index is 2.02. The minimum Gasteiger partial charge on any atom is -0.497 e. The molecule has 0 aliphatic carbocycles. The Hall–Kier alpha value is -2.04. The zero-order valence-corrected chi connectivity index (χ0v) is 11.8. The van der Waals surface area contributed by atoms with Gasteiger partial charge in [-0.2, -0.15) is 0 Å². The number of likely N-dealkylation sites (tertiary alicyclic amines) is 1. The molecule has 0 bridgehead atoms. The summed E-state index contributed by atoms with van der Waals surface area (Å²) in [6.07, 6.45) is 0.973. The number of nitrogens with zero attached hydrogens (tertiary/aromatic N) is 1. The molecule has 1 heterocycles. The predicted octanol–water partition coefficient (Wildman–Crippen LogP) is 1.61. The van der Waals surface area contributed by atoms with Crippen LogP contribution in [0.15, 0.2) is 24.3 Å². The molecule has 0 radical (unpaired) electrons. The standard InChI is InChI=1S/C15H19NO4/c1-19-13-6-3-11(4-7-13)9-16-10-12(15(18)20-2)5-8-14(16)17/h3-4,6-7,12H,5,8-10H2,1-2H3/t12-/m0/s1. The second-order valence-corrected chi connectivity index (χ2v) is 4.88. The first kappa shape index (κ1) is 14.4. The Bertz CT molecular complexity index is 483. The molecule has 1 atom stereocenters. The number of hydrogen-bond acceptors (Lipinski definition) is 4. The molecule has 0 spiro atoms. The number of piperidine rings is 1. The maximum atomic E-state index is 11.9. The number of carbonyl (C=O) groups is 2. The van der Waals surface area contributed by atoms with E-state index < -0.39 is 0 Å². The molecule has 1 fully saturated rings. The number of ether oxygens (including phenoxy) is 2.